The quantitative estimate of drug-likeness (QED) is 0.701. The Labute approximate surface area is 181 Å². The lowest BCUT2D eigenvalue weighted by Gasteiger charge is -2.35. The Bertz CT molecular complexity index is 901. The van der Waals surface area contributed by atoms with Crippen molar-refractivity contribution in [1.82, 2.24) is 19.8 Å². The summed E-state index contributed by atoms with van der Waals surface area (Å²) in [5.41, 5.74) is 1.99. The van der Waals surface area contributed by atoms with E-state index in [2.05, 4.69) is 10.3 Å². The van der Waals surface area contributed by atoms with Gasteiger partial charge in [0.1, 0.15) is 0 Å². The van der Waals surface area contributed by atoms with E-state index in [0.717, 1.165) is 29.8 Å². The summed E-state index contributed by atoms with van der Waals surface area (Å²) < 4.78 is 2.03. The molecule has 2 amide bonds. The number of nitrogens with zero attached hydrogens (tertiary/aromatic N) is 3. The minimum absolute atomic E-state index is 0.00494. The van der Waals surface area contributed by atoms with Crippen LogP contribution in [0.4, 0.5) is 0 Å². The Balaban J connectivity index is 1.30. The van der Waals surface area contributed by atoms with Gasteiger partial charge in [-0.3, -0.25) is 9.59 Å². The molecule has 4 atom stereocenters. The van der Waals surface area contributed by atoms with E-state index < -0.39 is 6.10 Å². The number of amides is 2. The maximum absolute atomic E-state index is 12.8. The molecule has 0 radical (unpaired) electrons. The lowest BCUT2D eigenvalue weighted by atomic mass is 9.77. The van der Waals surface area contributed by atoms with Crippen molar-refractivity contribution in [2.24, 2.45) is 11.8 Å². The Hall–Kier alpha value is -2.06. The molecule has 0 unspecified atom stereocenters. The van der Waals surface area contributed by atoms with Crippen LogP contribution in [-0.4, -0.2) is 68.6 Å². The van der Waals surface area contributed by atoms with E-state index in [9.17, 15) is 14.7 Å². The zero-order chi connectivity index (χ0) is 21.1. The van der Waals surface area contributed by atoms with Crippen LogP contribution in [0.1, 0.15) is 25.7 Å². The average molecular weight is 431 g/mol. The molecule has 4 rings (SSSR count). The molecule has 1 saturated carbocycles. The van der Waals surface area contributed by atoms with Gasteiger partial charge in [-0.25, -0.2) is 4.98 Å². The summed E-state index contributed by atoms with van der Waals surface area (Å²) in [7, 11) is 0. The van der Waals surface area contributed by atoms with E-state index in [1.165, 1.54) is 0 Å². The second kappa shape index (κ2) is 9.39. The van der Waals surface area contributed by atoms with Crippen LogP contribution in [0.15, 0.2) is 30.6 Å². The number of aromatic nitrogens is 2. The van der Waals surface area contributed by atoms with Gasteiger partial charge in [0.25, 0.3) is 0 Å². The highest BCUT2D eigenvalue weighted by atomic mass is 32.2. The van der Waals surface area contributed by atoms with Crippen molar-refractivity contribution in [1.29, 1.82) is 0 Å². The van der Waals surface area contributed by atoms with Crippen LogP contribution in [-0.2, 0) is 16.1 Å². The standard InChI is InChI=1S/C22H30N4O3S/c1-30-9-7-21(28)24-18-10-15-12-26(13-16(15)11-20(18)27)22(29)6-8-25-14-23-17-4-2-3-5-19(17)25/h2-5,14-16,18,20,27H,6-13H2,1H3,(H,24,28)/t15-,16+,18-,20-/m0/s1. The second-order valence-electron chi connectivity index (χ2n) is 8.45. The summed E-state index contributed by atoms with van der Waals surface area (Å²) in [5, 5.41) is 13.5. The first-order chi connectivity index (χ1) is 14.5. The molecule has 0 bridgehead atoms. The van der Waals surface area contributed by atoms with Crippen LogP contribution in [0.2, 0.25) is 0 Å². The fourth-order valence-corrected chi connectivity index (χ4v) is 5.22. The number of likely N-dealkylation sites (tertiary alicyclic amines) is 1. The van der Waals surface area contributed by atoms with Gasteiger partial charge in [0.05, 0.1) is 29.5 Å². The summed E-state index contributed by atoms with van der Waals surface area (Å²) in [6, 6.07) is 7.73. The number of thioether (sulfide) groups is 1. The first-order valence-electron chi connectivity index (χ1n) is 10.7. The molecule has 0 spiro atoms. The van der Waals surface area contributed by atoms with Gasteiger partial charge in [0.15, 0.2) is 0 Å². The molecule has 30 heavy (non-hydrogen) atoms. The van der Waals surface area contributed by atoms with Crippen LogP contribution in [0, 0.1) is 11.8 Å². The van der Waals surface area contributed by atoms with Gasteiger partial charge in [-0.1, -0.05) is 12.1 Å². The molecular formula is C22H30N4O3S. The third kappa shape index (κ3) is 4.64. The number of carbonyl (C=O) groups is 2. The van der Waals surface area contributed by atoms with Crippen LogP contribution in [0.5, 0.6) is 0 Å². The minimum Gasteiger partial charge on any atom is -0.391 e. The fourth-order valence-electron chi connectivity index (χ4n) is 4.83. The van der Waals surface area contributed by atoms with E-state index in [0.29, 0.717) is 44.2 Å². The zero-order valence-corrected chi connectivity index (χ0v) is 18.2. The van der Waals surface area contributed by atoms with E-state index in [1.54, 1.807) is 18.1 Å². The molecule has 2 aromatic rings. The number of aryl methyl sites for hydroxylation is 1. The Kier molecular flexibility index (Phi) is 6.63. The number of imidazole rings is 1. The maximum atomic E-state index is 12.8. The first kappa shape index (κ1) is 21.2. The fraction of sp³-hybridized carbons (Fsp3) is 0.591. The molecule has 2 N–H and O–H groups in total. The summed E-state index contributed by atoms with van der Waals surface area (Å²) >= 11 is 1.64. The van der Waals surface area contributed by atoms with Gasteiger partial charge in [0.2, 0.25) is 11.8 Å². The molecule has 1 aromatic carbocycles. The number of aliphatic hydroxyl groups excluding tert-OH is 1. The van der Waals surface area contributed by atoms with Crippen molar-refractivity contribution in [3.8, 4) is 0 Å². The van der Waals surface area contributed by atoms with Crippen molar-refractivity contribution in [2.45, 2.75) is 44.4 Å². The summed E-state index contributed by atoms with van der Waals surface area (Å²) in [5.74, 6) is 1.60. The zero-order valence-electron chi connectivity index (χ0n) is 17.4. The number of hydrogen-bond acceptors (Lipinski definition) is 5. The van der Waals surface area contributed by atoms with Gasteiger partial charge in [-0.05, 0) is 43.1 Å². The second-order valence-corrected chi connectivity index (χ2v) is 9.44. The smallest absolute Gasteiger partial charge is 0.224 e. The number of rotatable bonds is 7. The topological polar surface area (TPSA) is 87.5 Å². The predicted octanol–water partition coefficient (Wildman–Crippen LogP) is 1.89. The summed E-state index contributed by atoms with van der Waals surface area (Å²) in [6.45, 7) is 2.04. The van der Waals surface area contributed by atoms with Gasteiger partial charge >= 0.3 is 0 Å². The number of para-hydroxylation sites is 2. The average Bonchev–Trinajstić information content (AvgIpc) is 3.34. The normalized spacial score (nSPS) is 26.0. The number of fused-ring (bicyclic) bond motifs is 2. The number of aliphatic hydroxyl groups is 1. The third-order valence-corrected chi connectivity index (χ3v) is 7.08. The molecule has 1 saturated heterocycles. The monoisotopic (exact) mass is 430 g/mol. The first-order valence-corrected chi connectivity index (χ1v) is 12.1. The molecule has 2 fully saturated rings. The Morgan fingerprint density at radius 2 is 1.97 bits per heavy atom. The molecular weight excluding hydrogens is 400 g/mol. The molecule has 162 valence electrons. The predicted molar refractivity (Wildman–Crippen MR) is 118 cm³/mol. The van der Waals surface area contributed by atoms with Gasteiger partial charge in [0, 0.05) is 38.2 Å². The van der Waals surface area contributed by atoms with Crippen LogP contribution in [0.3, 0.4) is 0 Å². The molecule has 8 heteroatoms. The van der Waals surface area contributed by atoms with Crippen molar-refractivity contribution in [3.05, 3.63) is 30.6 Å². The molecule has 1 aromatic heterocycles. The van der Waals surface area contributed by atoms with E-state index in [-0.39, 0.29) is 17.9 Å². The van der Waals surface area contributed by atoms with Crippen molar-refractivity contribution in [2.75, 3.05) is 25.1 Å². The Morgan fingerprint density at radius 3 is 2.77 bits per heavy atom. The van der Waals surface area contributed by atoms with Crippen LogP contribution in [0.25, 0.3) is 11.0 Å². The third-order valence-electron chi connectivity index (χ3n) is 6.47. The van der Waals surface area contributed by atoms with Crippen LogP contribution >= 0.6 is 11.8 Å². The highest BCUT2D eigenvalue weighted by Crippen LogP contribution is 2.37. The van der Waals surface area contributed by atoms with Crippen molar-refractivity contribution >= 4 is 34.6 Å². The lowest BCUT2D eigenvalue weighted by molar-refractivity contribution is -0.130. The summed E-state index contributed by atoms with van der Waals surface area (Å²) in [4.78, 5) is 31.2. The molecule has 2 aliphatic rings. The maximum Gasteiger partial charge on any atom is 0.224 e. The SMILES string of the molecule is CSCCC(=O)N[C@H]1C[C@H]2CN(C(=O)CCn3cnc4ccccc43)C[C@H]2C[C@@H]1O. The molecule has 1 aliphatic heterocycles. The Morgan fingerprint density at radius 1 is 1.20 bits per heavy atom. The number of hydrogen-bond donors (Lipinski definition) is 2. The van der Waals surface area contributed by atoms with Crippen molar-refractivity contribution in [3.63, 3.8) is 0 Å². The van der Waals surface area contributed by atoms with E-state index >= 15 is 0 Å². The number of carbonyl (C=O) groups excluding carboxylic acids is 2. The highest BCUT2D eigenvalue weighted by Gasteiger charge is 2.43. The van der Waals surface area contributed by atoms with Gasteiger partial charge < -0.3 is 19.9 Å². The number of benzene rings is 1. The minimum atomic E-state index is -0.531. The summed E-state index contributed by atoms with van der Waals surface area (Å²) in [6.07, 6.45) is 5.55. The largest absolute Gasteiger partial charge is 0.391 e. The highest BCUT2D eigenvalue weighted by molar-refractivity contribution is 7.98. The van der Waals surface area contributed by atoms with E-state index in [1.807, 2.05) is 40.0 Å². The molecule has 7 nitrogen and oxygen atoms in total. The molecule has 2 heterocycles. The van der Waals surface area contributed by atoms with Crippen molar-refractivity contribution < 1.29 is 14.7 Å². The van der Waals surface area contributed by atoms with E-state index in [4.69, 9.17) is 0 Å². The molecule has 1 aliphatic carbocycles. The lowest BCUT2D eigenvalue weighted by Crippen LogP contribution is -2.49. The van der Waals surface area contributed by atoms with Crippen LogP contribution < -0.4 is 5.32 Å². The van der Waals surface area contributed by atoms with Gasteiger partial charge in [-0.2, -0.15) is 11.8 Å². The van der Waals surface area contributed by atoms with Gasteiger partial charge in [-0.15, -0.1) is 0 Å². The number of nitrogens with one attached hydrogen (secondary N) is 1.